The molecule has 0 spiro atoms. The highest BCUT2D eigenvalue weighted by Crippen LogP contribution is 2.30. The standard InChI is InChI=1S/C14H15IN2O3/c1-3-4-9-12(15)14(19)17-13(16-9)8-5-6-10(18)11(7-8)20-2/h5-7,18H,3-4H2,1-2H3,(H,16,17,19). The smallest absolute Gasteiger partial charge is 0.264 e. The second kappa shape index (κ2) is 6.25. The number of hydrogen-bond acceptors (Lipinski definition) is 4. The van der Waals surface area contributed by atoms with E-state index < -0.39 is 0 Å². The molecule has 2 N–H and O–H groups in total. The predicted octanol–water partition coefficient (Wildman–Crippen LogP) is 2.71. The number of ether oxygens (including phenoxy) is 1. The van der Waals surface area contributed by atoms with Crippen molar-refractivity contribution in [1.82, 2.24) is 9.97 Å². The minimum atomic E-state index is -0.147. The lowest BCUT2D eigenvalue weighted by Gasteiger charge is -2.08. The third-order valence-corrected chi connectivity index (χ3v) is 3.98. The number of hydrogen-bond donors (Lipinski definition) is 2. The number of nitrogens with one attached hydrogen (secondary N) is 1. The van der Waals surface area contributed by atoms with Crippen LogP contribution in [0.25, 0.3) is 11.4 Å². The van der Waals surface area contributed by atoms with E-state index >= 15 is 0 Å². The molecule has 0 aliphatic heterocycles. The third kappa shape index (κ3) is 2.95. The van der Waals surface area contributed by atoms with Gasteiger partial charge in [0, 0.05) is 5.56 Å². The van der Waals surface area contributed by atoms with Crippen molar-refractivity contribution in [3.8, 4) is 22.9 Å². The summed E-state index contributed by atoms with van der Waals surface area (Å²) in [5, 5.41) is 9.60. The van der Waals surface area contributed by atoms with Gasteiger partial charge in [-0.05, 0) is 47.2 Å². The van der Waals surface area contributed by atoms with Gasteiger partial charge in [-0.25, -0.2) is 4.98 Å². The fraction of sp³-hybridized carbons (Fsp3) is 0.286. The molecule has 0 unspecified atom stereocenters. The summed E-state index contributed by atoms with van der Waals surface area (Å²) in [6.07, 6.45) is 1.68. The molecule has 0 fully saturated rings. The molecule has 1 heterocycles. The summed E-state index contributed by atoms with van der Waals surface area (Å²) in [5.74, 6) is 0.885. The second-order valence-corrected chi connectivity index (χ2v) is 5.39. The number of aromatic nitrogens is 2. The molecule has 0 aliphatic carbocycles. The molecule has 1 aromatic heterocycles. The predicted molar refractivity (Wildman–Crippen MR) is 85.2 cm³/mol. The summed E-state index contributed by atoms with van der Waals surface area (Å²) in [7, 11) is 1.48. The van der Waals surface area contributed by atoms with Crippen LogP contribution in [0.3, 0.4) is 0 Å². The molecule has 5 nitrogen and oxygen atoms in total. The van der Waals surface area contributed by atoms with Gasteiger partial charge in [0.25, 0.3) is 5.56 Å². The first-order valence-electron chi connectivity index (χ1n) is 6.22. The molecule has 2 aromatic rings. The maximum absolute atomic E-state index is 11.9. The van der Waals surface area contributed by atoms with E-state index in [-0.39, 0.29) is 11.3 Å². The van der Waals surface area contributed by atoms with E-state index in [9.17, 15) is 9.90 Å². The van der Waals surface area contributed by atoms with Crippen LogP contribution in [0.5, 0.6) is 11.5 Å². The zero-order chi connectivity index (χ0) is 14.7. The Morgan fingerprint density at radius 3 is 2.85 bits per heavy atom. The topological polar surface area (TPSA) is 75.2 Å². The molecule has 0 radical (unpaired) electrons. The van der Waals surface area contributed by atoms with Crippen molar-refractivity contribution in [2.75, 3.05) is 7.11 Å². The summed E-state index contributed by atoms with van der Waals surface area (Å²) in [6, 6.07) is 4.86. The Kier molecular flexibility index (Phi) is 4.64. The van der Waals surface area contributed by atoms with E-state index in [2.05, 4.69) is 9.97 Å². The number of phenolic OH excluding ortho intramolecular Hbond substituents is 1. The molecule has 0 aliphatic rings. The molecule has 0 amide bonds. The van der Waals surface area contributed by atoms with Crippen molar-refractivity contribution in [3.05, 3.63) is 37.8 Å². The number of rotatable bonds is 4. The normalized spacial score (nSPS) is 10.6. The van der Waals surface area contributed by atoms with Crippen LogP contribution in [0.15, 0.2) is 23.0 Å². The van der Waals surface area contributed by atoms with Crippen LogP contribution >= 0.6 is 22.6 Å². The number of methoxy groups -OCH3 is 1. The van der Waals surface area contributed by atoms with Gasteiger partial charge in [-0.15, -0.1) is 0 Å². The maximum atomic E-state index is 11.9. The van der Waals surface area contributed by atoms with Gasteiger partial charge in [-0.1, -0.05) is 13.3 Å². The van der Waals surface area contributed by atoms with Crippen molar-refractivity contribution in [2.24, 2.45) is 0 Å². The zero-order valence-corrected chi connectivity index (χ0v) is 13.4. The lowest BCUT2D eigenvalue weighted by molar-refractivity contribution is 0.373. The van der Waals surface area contributed by atoms with Crippen molar-refractivity contribution in [1.29, 1.82) is 0 Å². The van der Waals surface area contributed by atoms with Gasteiger partial charge in [-0.3, -0.25) is 4.79 Å². The highest BCUT2D eigenvalue weighted by molar-refractivity contribution is 14.1. The number of aromatic hydroxyl groups is 1. The van der Waals surface area contributed by atoms with E-state index in [1.807, 2.05) is 29.5 Å². The Hall–Kier alpha value is -1.57. The van der Waals surface area contributed by atoms with Crippen molar-refractivity contribution in [2.45, 2.75) is 19.8 Å². The molecule has 0 atom stereocenters. The van der Waals surface area contributed by atoms with Crippen LogP contribution in [0.1, 0.15) is 19.0 Å². The van der Waals surface area contributed by atoms with Gasteiger partial charge in [0.15, 0.2) is 11.5 Å². The van der Waals surface area contributed by atoms with Gasteiger partial charge < -0.3 is 14.8 Å². The number of halogens is 1. The van der Waals surface area contributed by atoms with Crippen LogP contribution in [0, 0.1) is 3.57 Å². The van der Waals surface area contributed by atoms with Gasteiger partial charge in [0.05, 0.1) is 16.4 Å². The number of aryl methyl sites for hydroxylation is 1. The van der Waals surface area contributed by atoms with Crippen LogP contribution in [-0.4, -0.2) is 22.2 Å². The number of H-pyrrole nitrogens is 1. The highest BCUT2D eigenvalue weighted by Gasteiger charge is 2.11. The van der Waals surface area contributed by atoms with Crippen LogP contribution < -0.4 is 10.3 Å². The van der Waals surface area contributed by atoms with Crippen molar-refractivity contribution in [3.63, 3.8) is 0 Å². The number of nitrogens with zero attached hydrogens (tertiary/aromatic N) is 1. The first kappa shape index (κ1) is 14.8. The average Bonchev–Trinajstić information content (AvgIpc) is 2.44. The molecule has 0 saturated heterocycles. The van der Waals surface area contributed by atoms with Gasteiger partial charge >= 0.3 is 0 Å². The fourth-order valence-electron chi connectivity index (χ4n) is 1.87. The zero-order valence-electron chi connectivity index (χ0n) is 11.2. The Morgan fingerprint density at radius 2 is 2.20 bits per heavy atom. The SMILES string of the molecule is CCCc1nc(-c2ccc(O)c(OC)c2)[nH]c(=O)c1I. The minimum Gasteiger partial charge on any atom is -0.504 e. The second-order valence-electron chi connectivity index (χ2n) is 4.31. The average molecular weight is 386 g/mol. The molecule has 20 heavy (non-hydrogen) atoms. The van der Waals surface area contributed by atoms with Gasteiger partial charge in [-0.2, -0.15) is 0 Å². The molecule has 106 valence electrons. The molecule has 0 saturated carbocycles. The van der Waals surface area contributed by atoms with E-state index in [1.54, 1.807) is 12.1 Å². The molecular formula is C14H15IN2O3. The molecular weight excluding hydrogens is 371 g/mol. The Morgan fingerprint density at radius 1 is 1.45 bits per heavy atom. The van der Waals surface area contributed by atoms with E-state index in [0.717, 1.165) is 18.5 Å². The summed E-state index contributed by atoms with van der Waals surface area (Å²) in [4.78, 5) is 19.2. The minimum absolute atomic E-state index is 0.0536. The van der Waals surface area contributed by atoms with E-state index in [4.69, 9.17) is 4.74 Å². The van der Waals surface area contributed by atoms with Crippen LogP contribution in [0.4, 0.5) is 0 Å². The highest BCUT2D eigenvalue weighted by atomic mass is 127. The summed E-state index contributed by atoms with van der Waals surface area (Å²) >= 11 is 2.01. The first-order chi connectivity index (χ1) is 9.56. The summed E-state index contributed by atoms with van der Waals surface area (Å²) in [5.41, 5.74) is 1.34. The van der Waals surface area contributed by atoms with Crippen LogP contribution in [-0.2, 0) is 6.42 Å². The monoisotopic (exact) mass is 386 g/mol. The molecule has 0 bridgehead atoms. The van der Waals surface area contributed by atoms with Crippen molar-refractivity contribution < 1.29 is 9.84 Å². The quantitative estimate of drug-likeness (QED) is 0.793. The first-order valence-corrected chi connectivity index (χ1v) is 7.30. The Bertz CT molecular complexity index is 683. The van der Waals surface area contributed by atoms with E-state index in [0.29, 0.717) is 20.7 Å². The largest absolute Gasteiger partial charge is 0.504 e. The maximum Gasteiger partial charge on any atom is 0.264 e. The fourth-order valence-corrected chi connectivity index (χ4v) is 2.39. The lowest BCUT2D eigenvalue weighted by atomic mass is 10.1. The number of phenols is 1. The third-order valence-electron chi connectivity index (χ3n) is 2.87. The summed E-state index contributed by atoms with van der Waals surface area (Å²) < 4.78 is 5.69. The number of benzene rings is 1. The van der Waals surface area contributed by atoms with E-state index in [1.165, 1.54) is 13.2 Å². The molecule has 2 rings (SSSR count). The summed E-state index contributed by atoms with van der Waals surface area (Å²) in [6.45, 7) is 2.04. The lowest BCUT2D eigenvalue weighted by Crippen LogP contribution is -2.16. The van der Waals surface area contributed by atoms with Crippen LogP contribution in [0.2, 0.25) is 0 Å². The Balaban J connectivity index is 2.55. The van der Waals surface area contributed by atoms with Gasteiger partial charge in [0.1, 0.15) is 5.82 Å². The molecule has 6 heteroatoms. The van der Waals surface area contributed by atoms with Crippen molar-refractivity contribution >= 4 is 22.6 Å². The Labute approximate surface area is 130 Å². The van der Waals surface area contributed by atoms with Gasteiger partial charge in [0.2, 0.25) is 0 Å². The molecule has 1 aromatic carbocycles. The number of aromatic amines is 1.